The smallest absolute Gasteiger partial charge is 0.325 e. The third-order valence-corrected chi connectivity index (χ3v) is 5.71. The summed E-state index contributed by atoms with van der Waals surface area (Å²) < 4.78 is 29.2. The second-order valence-corrected chi connectivity index (χ2v) is 8.17. The molecule has 0 atom stereocenters. The Morgan fingerprint density at radius 1 is 1.07 bits per heavy atom. The summed E-state index contributed by atoms with van der Waals surface area (Å²) in [7, 11) is -1.17. The molecule has 13 heteroatoms. The number of hydrogen-bond acceptors (Lipinski definition) is 7. The molecule has 0 radical (unpaired) electrons. The van der Waals surface area contributed by atoms with E-state index in [0.29, 0.717) is 5.69 Å². The molecule has 2 heterocycles. The van der Waals surface area contributed by atoms with Crippen molar-refractivity contribution in [1.29, 1.82) is 0 Å². The van der Waals surface area contributed by atoms with E-state index in [0.717, 1.165) is 11.5 Å². The van der Waals surface area contributed by atoms with E-state index in [9.17, 15) is 27.6 Å². The number of aromatic nitrogens is 4. The number of imidazole rings is 1. The quantitative estimate of drug-likeness (QED) is 0.516. The second-order valence-electron chi connectivity index (χ2n) is 6.48. The minimum absolute atomic E-state index is 0.103. The molecule has 2 aromatic heterocycles. The van der Waals surface area contributed by atoms with Gasteiger partial charge in [0.2, 0.25) is 11.8 Å². The van der Waals surface area contributed by atoms with E-state index in [1.165, 1.54) is 53.8 Å². The lowest BCUT2D eigenvalue weighted by Crippen LogP contribution is -2.37. The maximum atomic E-state index is 12.4. The summed E-state index contributed by atoms with van der Waals surface area (Å²) in [6.45, 7) is 0.826. The Balaban J connectivity index is 1.81. The van der Waals surface area contributed by atoms with E-state index >= 15 is 0 Å². The number of amides is 2. The van der Waals surface area contributed by atoms with Gasteiger partial charge in [0, 0.05) is 26.7 Å². The topological polar surface area (TPSA) is 154 Å². The van der Waals surface area contributed by atoms with Crippen LogP contribution >= 0.6 is 0 Å². The number of nitrogens with one attached hydrogen (secondary N) is 2. The maximum absolute atomic E-state index is 12.4. The molecule has 3 aromatic rings. The lowest BCUT2D eigenvalue weighted by Gasteiger charge is -2.09. The molecule has 158 valence electrons. The summed E-state index contributed by atoms with van der Waals surface area (Å²) in [4.78, 5) is 51.6. The van der Waals surface area contributed by atoms with E-state index in [2.05, 4.69) is 10.3 Å². The first-order valence-electron chi connectivity index (χ1n) is 8.55. The van der Waals surface area contributed by atoms with Gasteiger partial charge in [-0.1, -0.05) is 0 Å². The lowest BCUT2D eigenvalue weighted by molar-refractivity contribution is -0.117. The van der Waals surface area contributed by atoms with Crippen LogP contribution in [0.1, 0.15) is 6.92 Å². The average molecular weight is 434 g/mol. The summed E-state index contributed by atoms with van der Waals surface area (Å²) in [5.41, 5.74) is -0.538. The molecule has 30 heavy (non-hydrogen) atoms. The van der Waals surface area contributed by atoms with Crippen molar-refractivity contribution < 1.29 is 18.0 Å². The van der Waals surface area contributed by atoms with Gasteiger partial charge >= 0.3 is 5.69 Å². The van der Waals surface area contributed by atoms with Crippen molar-refractivity contribution in [3.05, 3.63) is 51.4 Å². The molecule has 2 amide bonds. The fourth-order valence-corrected chi connectivity index (χ4v) is 3.83. The summed E-state index contributed by atoms with van der Waals surface area (Å²) in [5, 5.41) is 2.58. The number of rotatable bonds is 5. The van der Waals surface area contributed by atoms with Gasteiger partial charge in [0.05, 0.1) is 11.2 Å². The van der Waals surface area contributed by atoms with Crippen LogP contribution in [0.5, 0.6) is 0 Å². The highest BCUT2D eigenvalue weighted by atomic mass is 32.2. The molecule has 0 saturated carbocycles. The van der Waals surface area contributed by atoms with Crippen LogP contribution in [-0.4, -0.2) is 38.9 Å². The van der Waals surface area contributed by atoms with Crippen LogP contribution in [0.2, 0.25) is 0 Å². The molecule has 0 aliphatic carbocycles. The third-order valence-electron chi connectivity index (χ3n) is 4.26. The zero-order chi connectivity index (χ0) is 22.2. The van der Waals surface area contributed by atoms with Gasteiger partial charge in [-0.25, -0.2) is 22.9 Å². The van der Waals surface area contributed by atoms with Crippen molar-refractivity contribution in [1.82, 2.24) is 23.4 Å². The molecule has 0 unspecified atom stereocenters. The van der Waals surface area contributed by atoms with Gasteiger partial charge in [-0.2, -0.15) is 0 Å². The first-order chi connectivity index (χ1) is 14.0. The monoisotopic (exact) mass is 434 g/mol. The predicted molar refractivity (Wildman–Crippen MR) is 106 cm³/mol. The summed E-state index contributed by atoms with van der Waals surface area (Å²) >= 11 is 0. The number of fused-ring (bicyclic) bond motifs is 1. The standard InChI is InChI=1S/C17H18N6O6S/c1-10(24)20-30(28,29)12-6-4-11(5-7-12)19-13(25)8-23-9-18-15-14(23)16(26)22(3)17(27)21(15)2/h4-7,9H,8H2,1-3H3,(H,19,25)(H,20,24). The van der Waals surface area contributed by atoms with Gasteiger partial charge in [0.25, 0.3) is 15.6 Å². The third kappa shape index (κ3) is 3.87. The predicted octanol–water partition coefficient (Wildman–Crippen LogP) is -1.10. The number of hydrogen-bond donors (Lipinski definition) is 2. The Hall–Kier alpha value is -3.74. The maximum Gasteiger partial charge on any atom is 0.332 e. The molecule has 0 bridgehead atoms. The number of anilines is 1. The van der Waals surface area contributed by atoms with Crippen LogP contribution in [0.15, 0.2) is 45.1 Å². The number of nitrogens with zero attached hydrogens (tertiary/aromatic N) is 4. The number of carbonyl (C=O) groups is 2. The fraction of sp³-hybridized carbons (Fsp3) is 0.235. The number of benzene rings is 1. The Morgan fingerprint density at radius 2 is 1.70 bits per heavy atom. The molecule has 0 spiro atoms. The Morgan fingerprint density at radius 3 is 2.30 bits per heavy atom. The van der Waals surface area contributed by atoms with Gasteiger partial charge in [-0.3, -0.25) is 23.5 Å². The van der Waals surface area contributed by atoms with Crippen molar-refractivity contribution in [2.24, 2.45) is 14.1 Å². The highest BCUT2D eigenvalue weighted by Crippen LogP contribution is 2.14. The number of aryl methyl sites for hydroxylation is 1. The Labute approximate surface area is 169 Å². The molecule has 1 aromatic carbocycles. The summed E-state index contributed by atoms with van der Waals surface area (Å²) in [6.07, 6.45) is 1.29. The van der Waals surface area contributed by atoms with Gasteiger partial charge in [-0.05, 0) is 24.3 Å². The molecule has 3 rings (SSSR count). The van der Waals surface area contributed by atoms with Gasteiger partial charge in [-0.15, -0.1) is 0 Å². The van der Waals surface area contributed by atoms with E-state index < -0.39 is 33.1 Å². The van der Waals surface area contributed by atoms with Crippen LogP contribution in [0.3, 0.4) is 0 Å². The largest absolute Gasteiger partial charge is 0.332 e. The SMILES string of the molecule is CC(=O)NS(=O)(=O)c1ccc(NC(=O)Cn2cnc3c2c(=O)n(C)c(=O)n3C)cc1. The van der Waals surface area contributed by atoms with Gasteiger partial charge in [0.1, 0.15) is 6.54 Å². The van der Waals surface area contributed by atoms with E-state index in [-0.39, 0.29) is 22.6 Å². The van der Waals surface area contributed by atoms with E-state index in [4.69, 9.17) is 0 Å². The minimum Gasteiger partial charge on any atom is -0.325 e. The van der Waals surface area contributed by atoms with Crippen LogP contribution in [0, 0.1) is 0 Å². The Kier molecular flexibility index (Phi) is 5.31. The van der Waals surface area contributed by atoms with Crippen LogP contribution in [0.25, 0.3) is 11.2 Å². The van der Waals surface area contributed by atoms with Crippen LogP contribution < -0.4 is 21.3 Å². The Bertz CT molecular complexity index is 1380. The molecule has 12 nitrogen and oxygen atoms in total. The highest BCUT2D eigenvalue weighted by molar-refractivity contribution is 7.90. The second kappa shape index (κ2) is 7.59. The lowest BCUT2D eigenvalue weighted by atomic mass is 10.3. The molecule has 0 aliphatic rings. The van der Waals surface area contributed by atoms with Gasteiger partial charge < -0.3 is 9.88 Å². The molecule has 0 fully saturated rings. The zero-order valence-corrected chi connectivity index (χ0v) is 17.1. The van der Waals surface area contributed by atoms with E-state index in [1.54, 1.807) is 0 Å². The number of carbonyl (C=O) groups excluding carboxylic acids is 2. The highest BCUT2D eigenvalue weighted by Gasteiger charge is 2.17. The molecular weight excluding hydrogens is 416 g/mol. The normalized spacial score (nSPS) is 11.4. The molecule has 2 N–H and O–H groups in total. The molecule has 0 saturated heterocycles. The summed E-state index contributed by atoms with van der Waals surface area (Å²) in [5.74, 6) is -1.22. The fourth-order valence-electron chi connectivity index (χ4n) is 2.84. The van der Waals surface area contributed by atoms with Crippen molar-refractivity contribution >= 4 is 38.7 Å². The summed E-state index contributed by atoms with van der Waals surface area (Å²) in [6, 6.07) is 5.20. The average Bonchev–Trinajstić information content (AvgIpc) is 3.07. The minimum atomic E-state index is -3.98. The van der Waals surface area contributed by atoms with Crippen molar-refractivity contribution in [2.45, 2.75) is 18.4 Å². The van der Waals surface area contributed by atoms with Crippen molar-refractivity contribution in [3.63, 3.8) is 0 Å². The molecule has 0 aliphatic heterocycles. The van der Waals surface area contributed by atoms with Crippen molar-refractivity contribution in [2.75, 3.05) is 5.32 Å². The number of sulfonamides is 1. The van der Waals surface area contributed by atoms with Crippen LogP contribution in [0.4, 0.5) is 5.69 Å². The first kappa shape index (κ1) is 21.0. The zero-order valence-electron chi connectivity index (χ0n) is 16.2. The van der Waals surface area contributed by atoms with Crippen molar-refractivity contribution in [3.8, 4) is 0 Å². The van der Waals surface area contributed by atoms with Gasteiger partial charge in [0.15, 0.2) is 11.2 Å². The van der Waals surface area contributed by atoms with E-state index in [1.807, 2.05) is 4.72 Å². The first-order valence-corrected chi connectivity index (χ1v) is 10.0. The van der Waals surface area contributed by atoms with Crippen LogP contribution in [-0.2, 0) is 40.3 Å². The molecular formula is C17H18N6O6S.